The SMILES string of the molecule is CCCC(c1nnnn1C1CCCC1)N1CCN(Cc2ccccc2)CC1.Cl. The molecule has 0 amide bonds. The molecule has 2 heterocycles. The summed E-state index contributed by atoms with van der Waals surface area (Å²) in [4.78, 5) is 5.18. The van der Waals surface area contributed by atoms with Gasteiger partial charge in [0.05, 0.1) is 12.1 Å². The van der Waals surface area contributed by atoms with Crippen LogP contribution in [0.15, 0.2) is 30.3 Å². The minimum absolute atomic E-state index is 0. The molecular weight excluding hydrogens is 372 g/mol. The Balaban J connectivity index is 0.00000225. The molecule has 0 radical (unpaired) electrons. The fraction of sp³-hybridized carbons (Fsp3) is 0.667. The molecule has 1 saturated carbocycles. The van der Waals surface area contributed by atoms with Crippen LogP contribution in [0.2, 0.25) is 0 Å². The van der Waals surface area contributed by atoms with Crippen molar-refractivity contribution in [1.82, 2.24) is 30.0 Å². The first-order valence-electron chi connectivity index (χ1n) is 10.6. The van der Waals surface area contributed by atoms with Crippen molar-refractivity contribution in [1.29, 1.82) is 0 Å². The first-order chi connectivity index (χ1) is 13.3. The highest BCUT2D eigenvalue weighted by atomic mass is 35.5. The molecule has 1 aromatic carbocycles. The van der Waals surface area contributed by atoms with Gasteiger partial charge in [0, 0.05) is 32.7 Å². The zero-order valence-electron chi connectivity index (χ0n) is 16.9. The van der Waals surface area contributed by atoms with Crippen LogP contribution in [0.25, 0.3) is 0 Å². The van der Waals surface area contributed by atoms with E-state index in [9.17, 15) is 0 Å². The van der Waals surface area contributed by atoms with Gasteiger partial charge < -0.3 is 0 Å². The van der Waals surface area contributed by atoms with Gasteiger partial charge in [-0.3, -0.25) is 9.80 Å². The van der Waals surface area contributed by atoms with E-state index in [1.165, 1.54) is 31.2 Å². The summed E-state index contributed by atoms with van der Waals surface area (Å²) in [5, 5.41) is 12.9. The van der Waals surface area contributed by atoms with Crippen molar-refractivity contribution in [3.63, 3.8) is 0 Å². The van der Waals surface area contributed by atoms with Gasteiger partial charge in [-0.15, -0.1) is 17.5 Å². The third-order valence-electron chi connectivity index (χ3n) is 6.15. The standard InChI is InChI=1S/C21H32N6.ClH/c1-2-8-20(21-22-23-24-27(21)19-11-6-7-12-19)26-15-13-25(14-16-26)17-18-9-4-3-5-10-18;/h3-5,9-10,19-20H,2,6-8,11-17H2,1H3;1H. The van der Waals surface area contributed by atoms with Crippen LogP contribution in [0.3, 0.4) is 0 Å². The molecule has 154 valence electrons. The number of hydrogen-bond donors (Lipinski definition) is 0. The molecule has 0 N–H and O–H groups in total. The van der Waals surface area contributed by atoms with Gasteiger partial charge in [0.15, 0.2) is 5.82 Å². The maximum Gasteiger partial charge on any atom is 0.168 e. The fourth-order valence-corrected chi connectivity index (χ4v) is 4.65. The molecule has 0 spiro atoms. The molecule has 1 unspecified atom stereocenters. The van der Waals surface area contributed by atoms with Crippen LogP contribution < -0.4 is 0 Å². The molecule has 7 heteroatoms. The van der Waals surface area contributed by atoms with E-state index in [4.69, 9.17) is 0 Å². The van der Waals surface area contributed by atoms with Crippen LogP contribution in [0.4, 0.5) is 0 Å². The minimum atomic E-state index is 0. The quantitative estimate of drug-likeness (QED) is 0.701. The van der Waals surface area contributed by atoms with E-state index >= 15 is 0 Å². The molecule has 1 aliphatic heterocycles. The van der Waals surface area contributed by atoms with Crippen molar-refractivity contribution < 1.29 is 0 Å². The van der Waals surface area contributed by atoms with E-state index in [1.807, 2.05) is 0 Å². The van der Waals surface area contributed by atoms with Gasteiger partial charge in [-0.2, -0.15) is 0 Å². The van der Waals surface area contributed by atoms with E-state index in [2.05, 4.69) is 67.3 Å². The third kappa shape index (κ3) is 4.91. The highest BCUT2D eigenvalue weighted by Gasteiger charge is 2.31. The van der Waals surface area contributed by atoms with Gasteiger partial charge in [-0.25, -0.2) is 4.68 Å². The third-order valence-corrected chi connectivity index (χ3v) is 6.15. The fourth-order valence-electron chi connectivity index (χ4n) is 4.65. The van der Waals surface area contributed by atoms with Crippen LogP contribution in [-0.2, 0) is 6.54 Å². The number of rotatable bonds is 7. The smallest absolute Gasteiger partial charge is 0.168 e. The summed E-state index contributed by atoms with van der Waals surface area (Å²) in [6.45, 7) is 7.72. The summed E-state index contributed by atoms with van der Waals surface area (Å²) >= 11 is 0. The molecule has 1 atom stereocenters. The van der Waals surface area contributed by atoms with Crippen molar-refractivity contribution in [2.75, 3.05) is 26.2 Å². The van der Waals surface area contributed by atoms with E-state index in [1.54, 1.807) is 0 Å². The molecule has 28 heavy (non-hydrogen) atoms. The molecule has 1 saturated heterocycles. The largest absolute Gasteiger partial charge is 0.297 e. The summed E-state index contributed by atoms with van der Waals surface area (Å²) in [5.41, 5.74) is 1.40. The van der Waals surface area contributed by atoms with Crippen LogP contribution in [0.1, 0.15) is 68.9 Å². The van der Waals surface area contributed by atoms with Crippen LogP contribution in [0.5, 0.6) is 0 Å². The maximum atomic E-state index is 4.49. The molecule has 4 rings (SSSR count). The van der Waals surface area contributed by atoms with Gasteiger partial charge in [0.1, 0.15) is 0 Å². The van der Waals surface area contributed by atoms with Gasteiger partial charge in [-0.1, -0.05) is 56.5 Å². The zero-order chi connectivity index (χ0) is 18.5. The zero-order valence-corrected chi connectivity index (χ0v) is 17.7. The lowest BCUT2D eigenvalue weighted by Crippen LogP contribution is -2.47. The summed E-state index contributed by atoms with van der Waals surface area (Å²) in [6, 6.07) is 11.7. The van der Waals surface area contributed by atoms with E-state index in [0.29, 0.717) is 12.1 Å². The van der Waals surface area contributed by atoms with Crippen LogP contribution in [-0.4, -0.2) is 56.2 Å². The second-order valence-corrected chi connectivity index (χ2v) is 8.02. The predicted molar refractivity (Wildman–Crippen MR) is 114 cm³/mol. The summed E-state index contributed by atoms with van der Waals surface area (Å²) < 4.78 is 2.16. The second-order valence-electron chi connectivity index (χ2n) is 8.02. The first-order valence-corrected chi connectivity index (χ1v) is 10.6. The summed E-state index contributed by atoms with van der Waals surface area (Å²) in [6.07, 6.45) is 7.35. The van der Waals surface area contributed by atoms with Crippen LogP contribution in [0, 0.1) is 0 Å². The number of piperazine rings is 1. The Morgan fingerprint density at radius 1 is 1.04 bits per heavy atom. The van der Waals surface area contributed by atoms with Crippen molar-refractivity contribution in [2.24, 2.45) is 0 Å². The number of hydrogen-bond acceptors (Lipinski definition) is 5. The maximum absolute atomic E-state index is 4.49. The second kappa shape index (κ2) is 10.3. The van der Waals surface area contributed by atoms with E-state index in [0.717, 1.165) is 51.4 Å². The van der Waals surface area contributed by atoms with Gasteiger partial charge >= 0.3 is 0 Å². The Hall–Kier alpha value is -1.50. The van der Waals surface area contributed by atoms with Crippen molar-refractivity contribution >= 4 is 12.4 Å². The number of aromatic nitrogens is 4. The lowest BCUT2D eigenvalue weighted by molar-refractivity contribution is 0.0810. The van der Waals surface area contributed by atoms with Crippen molar-refractivity contribution in [2.45, 2.75) is 64.1 Å². The lowest BCUT2D eigenvalue weighted by Gasteiger charge is -2.39. The number of tetrazole rings is 1. The Bertz CT molecular complexity index is 692. The number of halogens is 1. The monoisotopic (exact) mass is 404 g/mol. The summed E-state index contributed by atoms with van der Waals surface area (Å²) in [7, 11) is 0. The molecule has 0 bridgehead atoms. The molecular formula is C21H33ClN6. The van der Waals surface area contributed by atoms with Crippen molar-refractivity contribution in [3.8, 4) is 0 Å². The lowest BCUT2D eigenvalue weighted by atomic mass is 10.1. The Morgan fingerprint density at radius 2 is 1.75 bits per heavy atom. The van der Waals surface area contributed by atoms with Gasteiger partial charge in [0.25, 0.3) is 0 Å². The predicted octanol–water partition coefficient (Wildman–Crippen LogP) is 3.87. The molecule has 2 aliphatic rings. The molecule has 2 aromatic rings. The normalized spacial score (nSPS) is 20.2. The number of benzene rings is 1. The van der Waals surface area contributed by atoms with Gasteiger partial charge in [-0.05, 0) is 35.3 Å². The van der Waals surface area contributed by atoms with Gasteiger partial charge in [0.2, 0.25) is 0 Å². The topological polar surface area (TPSA) is 50.1 Å². The molecule has 1 aliphatic carbocycles. The number of nitrogens with zero attached hydrogens (tertiary/aromatic N) is 6. The Kier molecular flexibility index (Phi) is 7.82. The average Bonchev–Trinajstić information content (AvgIpc) is 3.39. The first kappa shape index (κ1) is 21.2. The Labute approximate surface area is 174 Å². The molecule has 6 nitrogen and oxygen atoms in total. The molecule has 2 fully saturated rings. The van der Waals surface area contributed by atoms with Crippen LogP contribution >= 0.6 is 12.4 Å². The highest BCUT2D eigenvalue weighted by Crippen LogP contribution is 2.33. The average molecular weight is 405 g/mol. The Morgan fingerprint density at radius 3 is 2.43 bits per heavy atom. The summed E-state index contributed by atoms with van der Waals surface area (Å²) in [5.74, 6) is 1.10. The van der Waals surface area contributed by atoms with E-state index in [-0.39, 0.29) is 12.4 Å². The minimum Gasteiger partial charge on any atom is -0.297 e. The van der Waals surface area contributed by atoms with Crippen molar-refractivity contribution in [3.05, 3.63) is 41.7 Å². The molecule has 1 aromatic heterocycles. The highest BCUT2D eigenvalue weighted by molar-refractivity contribution is 5.85. The van der Waals surface area contributed by atoms with E-state index < -0.39 is 0 Å².